The van der Waals surface area contributed by atoms with Gasteiger partial charge >= 0.3 is 0 Å². The van der Waals surface area contributed by atoms with Crippen LogP contribution in [0.3, 0.4) is 0 Å². The molecule has 0 aliphatic heterocycles. The zero-order valence-electron chi connectivity index (χ0n) is 9.69. The minimum atomic E-state index is -0.147. The second-order valence-electron chi connectivity index (χ2n) is 3.31. The number of methoxy groups -OCH3 is 1. The number of hydrogen-bond acceptors (Lipinski definition) is 4. The zero-order chi connectivity index (χ0) is 12.5. The molecule has 0 bridgehead atoms. The van der Waals surface area contributed by atoms with E-state index in [1.54, 1.807) is 7.11 Å². The van der Waals surface area contributed by atoms with Crippen molar-refractivity contribution in [1.82, 2.24) is 5.32 Å². The topological polar surface area (TPSA) is 74.2 Å². The second-order valence-corrected chi connectivity index (χ2v) is 3.31. The van der Waals surface area contributed by atoms with Gasteiger partial charge in [-0.05, 0) is 12.1 Å². The summed E-state index contributed by atoms with van der Waals surface area (Å²) in [5.74, 6) is 0.545. The van der Waals surface area contributed by atoms with Crippen molar-refractivity contribution in [2.75, 3.05) is 25.5 Å². The summed E-state index contributed by atoms with van der Waals surface area (Å²) < 4.78 is 5.14. The van der Waals surface area contributed by atoms with Crippen molar-refractivity contribution < 1.29 is 9.53 Å². The number of nitrogens with zero attached hydrogens (tertiary/aromatic N) is 1. The molecule has 0 heterocycles. The molecule has 0 spiro atoms. The lowest BCUT2D eigenvalue weighted by Crippen LogP contribution is -2.30. The van der Waals surface area contributed by atoms with Crippen LogP contribution in [0.2, 0.25) is 0 Å². The lowest BCUT2D eigenvalue weighted by Gasteiger charge is -2.10. The molecule has 0 radical (unpaired) electrons. The fourth-order valence-electron chi connectivity index (χ4n) is 1.29. The number of anilines is 1. The van der Waals surface area contributed by atoms with E-state index in [2.05, 4.69) is 10.6 Å². The monoisotopic (exact) mass is 233 g/mol. The highest BCUT2D eigenvalue weighted by Crippen LogP contribution is 2.22. The average Bonchev–Trinajstić information content (AvgIpc) is 2.37. The van der Waals surface area contributed by atoms with Gasteiger partial charge in [0.25, 0.3) is 0 Å². The molecule has 5 nitrogen and oxygen atoms in total. The van der Waals surface area contributed by atoms with E-state index in [1.165, 1.54) is 0 Å². The van der Waals surface area contributed by atoms with Crippen LogP contribution in [0.4, 0.5) is 5.69 Å². The standard InChI is InChI=1S/C12H15N3O2/c1-17-11-6-3-2-5-10(11)15-9-12(16)14-8-4-7-13/h2-3,5-6,15H,4,8-9H2,1H3,(H,14,16). The van der Waals surface area contributed by atoms with Crippen LogP contribution in [-0.4, -0.2) is 26.1 Å². The van der Waals surface area contributed by atoms with Crippen molar-refractivity contribution in [2.45, 2.75) is 6.42 Å². The first-order chi connectivity index (χ1) is 8.27. The van der Waals surface area contributed by atoms with E-state index >= 15 is 0 Å². The van der Waals surface area contributed by atoms with E-state index in [0.717, 1.165) is 5.69 Å². The Hall–Kier alpha value is -2.22. The molecule has 0 unspecified atom stereocenters. The first-order valence-electron chi connectivity index (χ1n) is 5.28. The predicted molar refractivity (Wildman–Crippen MR) is 64.7 cm³/mol. The number of hydrogen-bond donors (Lipinski definition) is 2. The molecule has 0 saturated carbocycles. The van der Waals surface area contributed by atoms with Gasteiger partial charge in [-0.15, -0.1) is 0 Å². The van der Waals surface area contributed by atoms with Crippen LogP contribution in [0.5, 0.6) is 5.75 Å². The van der Waals surface area contributed by atoms with E-state index in [1.807, 2.05) is 30.3 Å². The van der Waals surface area contributed by atoms with Crippen molar-refractivity contribution in [3.8, 4) is 11.8 Å². The minimum Gasteiger partial charge on any atom is -0.495 e. The van der Waals surface area contributed by atoms with Crippen LogP contribution < -0.4 is 15.4 Å². The van der Waals surface area contributed by atoms with Crippen LogP contribution in [0.25, 0.3) is 0 Å². The highest BCUT2D eigenvalue weighted by Gasteiger charge is 2.03. The Bertz CT molecular complexity index is 412. The quantitative estimate of drug-likeness (QED) is 0.722. The third-order valence-electron chi connectivity index (χ3n) is 2.11. The summed E-state index contributed by atoms with van der Waals surface area (Å²) in [6, 6.07) is 9.33. The normalized spacial score (nSPS) is 9.18. The summed E-state index contributed by atoms with van der Waals surface area (Å²) in [6.45, 7) is 0.536. The number of ether oxygens (including phenoxy) is 1. The number of nitrogens with one attached hydrogen (secondary N) is 2. The van der Waals surface area contributed by atoms with Gasteiger partial charge in [-0.2, -0.15) is 5.26 Å². The van der Waals surface area contributed by atoms with Crippen LogP contribution in [-0.2, 0) is 4.79 Å². The molecule has 0 aromatic heterocycles. The highest BCUT2D eigenvalue weighted by molar-refractivity contribution is 5.81. The van der Waals surface area contributed by atoms with Crippen molar-refractivity contribution in [1.29, 1.82) is 5.26 Å². The summed E-state index contributed by atoms with van der Waals surface area (Å²) in [6.07, 6.45) is 0.320. The Labute approximate surface area is 100 Å². The molecule has 1 aromatic rings. The highest BCUT2D eigenvalue weighted by atomic mass is 16.5. The minimum absolute atomic E-state index is 0.147. The van der Waals surface area contributed by atoms with E-state index in [4.69, 9.17) is 10.00 Å². The van der Waals surface area contributed by atoms with Crippen molar-refractivity contribution in [3.05, 3.63) is 24.3 Å². The third kappa shape index (κ3) is 4.43. The molecule has 90 valence electrons. The summed E-state index contributed by atoms with van der Waals surface area (Å²) in [5, 5.41) is 13.9. The van der Waals surface area contributed by atoms with Crippen molar-refractivity contribution >= 4 is 11.6 Å². The molecule has 0 atom stereocenters. The molecule has 0 saturated heterocycles. The van der Waals surface area contributed by atoms with E-state index < -0.39 is 0 Å². The van der Waals surface area contributed by atoms with Gasteiger partial charge in [0.2, 0.25) is 5.91 Å². The fraction of sp³-hybridized carbons (Fsp3) is 0.333. The Morgan fingerprint density at radius 2 is 2.24 bits per heavy atom. The summed E-state index contributed by atoms with van der Waals surface area (Å²) in [4.78, 5) is 11.4. The van der Waals surface area contributed by atoms with Crippen molar-refractivity contribution in [2.24, 2.45) is 0 Å². The molecule has 17 heavy (non-hydrogen) atoms. The molecule has 1 aromatic carbocycles. The number of amides is 1. The molecule has 1 amide bonds. The average molecular weight is 233 g/mol. The van der Waals surface area contributed by atoms with E-state index in [9.17, 15) is 4.79 Å². The van der Waals surface area contributed by atoms with Gasteiger partial charge in [0.15, 0.2) is 0 Å². The fourth-order valence-corrected chi connectivity index (χ4v) is 1.29. The maximum atomic E-state index is 11.4. The van der Waals surface area contributed by atoms with E-state index in [-0.39, 0.29) is 12.5 Å². The Kier molecular flexibility index (Phi) is 5.38. The molecule has 1 rings (SSSR count). The van der Waals surface area contributed by atoms with Crippen LogP contribution in [0.1, 0.15) is 6.42 Å². The Morgan fingerprint density at radius 3 is 2.94 bits per heavy atom. The predicted octanol–water partition coefficient (Wildman–Crippen LogP) is 1.14. The molecule has 5 heteroatoms. The molecule has 2 N–H and O–H groups in total. The number of carbonyl (C=O) groups excluding carboxylic acids is 1. The van der Waals surface area contributed by atoms with Crippen LogP contribution >= 0.6 is 0 Å². The first kappa shape index (κ1) is 12.8. The Morgan fingerprint density at radius 1 is 1.47 bits per heavy atom. The maximum absolute atomic E-state index is 11.4. The van der Waals surface area contributed by atoms with Gasteiger partial charge in [-0.3, -0.25) is 4.79 Å². The van der Waals surface area contributed by atoms with Crippen molar-refractivity contribution in [3.63, 3.8) is 0 Å². The molecule has 0 aliphatic carbocycles. The number of carbonyl (C=O) groups is 1. The van der Waals surface area contributed by atoms with Gasteiger partial charge in [0.05, 0.1) is 31.8 Å². The molecular weight excluding hydrogens is 218 g/mol. The lowest BCUT2D eigenvalue weighted by molar-refractivity contribution is -0.119. The molecule has 0 aliphatic rings. The third-order valence-corrected chi connectivity index (χ3v) is 2.11. The largest absolute Gasteiger partial charge is 0.495 e. The number of para-hydroxylation sites is 2. The molecular formula is C12H15N3O2. The number of benzene rings is 1. The van der Waals surface area contributed by atoms with Gasteiger partial charge in [0.1, 0.15) is 5.75 Å². The van der Waals surface area contributed by atoms with Gasteiger partial charge < -0.3 is 15.4 Å². The summed E-state index contributed by atoms with van der Waals surface area (Å²) in [5.41, 5.74) is 0.769. The molecule has 0 fully saturated rings. The lowest BCUT2D eigenvalue weighted by atomic mass is 10.3. The first-order valence-corrected chi connectivity index (χ1v) is 5.28. The summed E-state index contributed by atoms with van der Waals surface area (Å²) >= 11 is 0. The van der Waals surface area contributed by atoms with Crippen LogP contribution in [0.15, 0.2) is 24.3 Å². The van der Waals surface area contributed by atoms with Gasteiger partial charge in [0, 0.05) is 6.54 Å². The Balaban J connectivity index is 2.39. The van der Waals surface area contributed by atoms with Gasteiger partial charge in [-0.25, -0.2) is 0 Å². The maximum Gasteiger partial charge on any atom is 0.239 e. The van der Waals surface area contributed by atoms with Crippen LogP contribution in [0, 0.1) is 11.3 Å². The zero-order valence-corrected chi connectivity index (χ0v) is 9.69. The number of nitriles is 1. The summed E-state index contributed by atoms with van der Waals surface area (Å²) in [7, 11) is 1.58. The van der Waals surface area contributed by atoms with Gasteiger partial charge in [-0.1, -0.05) is 12.1 Å². The smallest absolute Gasteiger partial charge is 0.239 e. The van der Waals surface area contributed by atoms with E-state index in [0.29, 0.717) is 18.7 Å². The number of rotatable bonds is 6. The second kappa shape index (κ2) is 7.12. The SMILES string of the molecule is COc1ccccc1NCC(=O)NCCC#N.